The highest BCUT2D eigenvalue weighted by atomic mass is 35.5. The van der Waals surface area contributed by atoms with E-state index in [1.807, 2.05) is 49.6 Å². The molecule has 2 N–H and O–H groups in total. The average molecular weight is 283 g/mol. The smallest absolute Gasteiger partial charge is 0.0459 e. The number of hydrogen-bond acceptors (Lipinski definition) is 2. The second-order valence-corrected chi connectivity index (χ2v) is 5.34. The van der Waals surface area contributed by atoms with Gasteiger partial charge in [0.2, 0.25) is 0 Å². The Bertz CT molecular complexity index is 761. The summed E-state index contributed by atoms with van der Waals surface area (Å²) in [4.78, 5) is 4.31. The number of nitrogens with zero attached hydrogens (tertiary/aromatic N) is 1. The molecule has 3 rings (SSSR count). The Balaban J connectivity index is 2.19. The summed E-state index contributed by atoms with van der Waals surface area (Å²) in [5.41, 5.74) is 9.00. The highest BCUT2D eigenvalue weighted by Crippen LogP contribution is 2.31. The van der Waals surface area contributed by atoms with Crippen LogP contribution < -0.4 is 5.73 Å². The summed E-state index contributed by atoms with van der Waals surface area (Å²) < 4.78 is 0. The highest BCUT2D eigenvalue weighted by Gasteiger charge is 2.09. The van der Waals surface area contributed by atoms with Crippen molar-refractivity contribution in [1.82, 2.24) is 4.98 Å². The molecule has 0 aliphatic heterocycles. The molecule has 1 atom stereocenters. The van der Waals surface area contributed by atoms with Crippen molar-refractivity contribution in [2.45, 2.75) is 13.0 Å². The maximum Gasteiger partial charge on any atom is 0.0459 e. The molecule has 0 fully saturated rings. The van der Waals surface area contributed by atoms with Crippen LogP contribution in [0.25, 0.3) is 21.9 Å². The molecule has 100 valence electrons. The summed E-state index contributed by atoms with van der Waals surface area (Å²) in [5, 5.41) is 3.00. The van der Waals surface area contributed by atoms with E-state index in [-0.39, 0.29) is 6.04 Å². The zero-order valence-corrected chi connectivity index (χ0v) is 11.9. The fraction of sp³-hybridized carbons (Fsp3) is 0.118. The van der Waals surface area contributed by atoms with Crippen molar-refractivity contribution in [2.24, 2.45) is 5.73 Å². The molecule has 1 unspecified atom stereocenters. The second-order valence-electron chi connectivity index (χ2n) is 4.93. The molecule has 0 saturated carbocycles. The van der Waals surface area contributed by atoms with Gasteiger partial charge in [-0.3, -0.25) is 4.98 Å². The normalized spacial score (nSPS) is 12.6. The molecule has 0 saturated heterocycles. The first-order valence-electron chi connectivity index (χ1n) is 6.55. The average Bonchev–Trinajstić information content (AvgIpc) is 2.46. The molecular formula is C17H15ClN2. The molecule has 3 heteroatoms. The minimum Gasteiger partial charge on any atom is -0.324 e. The van der Waals surface area contributed by atoms with Gasteiger partial charge in [-0.25, -0.2) is 0 Å². The van der Waals surface area contributed by atoms with E-state index in [9.17, 15) is 0 Å². The van der Waals surface area contributed by atoms with Gasteiger partial charge in [0, 0.05) is 34.4 Å². The van der Waals surface area contributed by atoms with E-state index < -0.39 is 0 Å². The maximum absolute atomic E-state index is 6.33. The Morgan fingerprint density at radius 2 is 1.90 bits per heavy atom. The van der Waals surface area contributed by atoms with E-state index in [0.29, 0.717) is 5.02 Å². The van der Waals surface area contributed by atoms with Crippen LogP contribution in [0.5, 0.6) is 0 Å². The first-order chi connectivity index (χ1) is 9.66. The van der Waals surface area contributed by atoms with Gasteiger partial charge in [-0.15, -0.1) is 0 Å². The van der Waals surface area contributed by atoms with E-state index in [1.165, 1.54) is 5.39 Å². The first kappa shape index (κ1) is 13.1. The topological polar surface area (TPSA) is 38.9 Å². The molecule has 2 nitrogen and oxygen atoms in total. The van der Waals surface area contributed by atoms with Crippen LogP contribution >= 0.6 is 11.6 Å². The second kappa shape index (κ2) is 5.23. The van der Waals surface area contributed by atoms with Crippen LogP contribution in [0.2, 0.25) is 5.02 Å². The number of fused-ring (bicyclic) bond motifs is 1. The van der Waals surface area contributed by atoms with Gasteiger partial charge in [-0.1, -0.05) is 48.0 Å². The molecule has 0 spiro atoms. The lowest BCUT2D eigenvalue weighted by molar-refractivity contribution is 0.819. The van der Waals surface area contributed by atoms with Crippen LogP contribution in [-0.2, 0) is 0 Å². The number of hydrogen-bond donors (Lipinski definition) is 1. The standard InChI is InChI=1S/C17H15ClN2/c1-11(19)14-7-6-12(8-17(14)18)16-10-20-9-13-4-2-3-5-15(13)16/h2-11H,19H2,1H3. The molecule has 1 aromatic heterocycles. The van der Waals surface area contributed by atoms with Crippen molar-refractivity contribution < 1.29 is 0 Å². The third kappa shape index (κ3) is 2.28. The van der Waals surface area contributed by atoms with Gasteiger partial charge < -0.3 is 5.73 Å². The van der Waals surface area contributed by atoms with Crippen molar-refractivity contribution in [3.05, 3.63) is 65.4 Å². The van der Waals surface area contributed by atoms with E-state index in [1.54, 1.807) is 0 Å². The molecule has 1 heterocycles. The molecule has 0 radical (unpaired) electrons. The Morgan fingerprint density at radius 3 is 2.65 bits per heavy atom. The lowest BCUT2D eigenvalue weighted by Gasteiger charge is -2.11. The van der Waals surface area contributed by atoms with Crippen LogP contribution in [-0.4, -0.2) is 4.98 Å². The number of pyridine rings is 1. The van der Waals surface area contributed by atoms with Gasteiger partial charge in [0.25, 0.3) is 0 Å². The van der Waals surface area contributed by atoms with Crippen molar-refractivity contribution in [3.8, 4) is 11.1 Å². The Morgan fingerprint density at radius 1 is 1.10 bits per heavy atom. The van der Waals surface area contributed by atoms with E-state index in [2.05, 4.69) is 17.1 Å². The van der Waals surface area contributed by atoms with Crippen molar-refractivity contribution in [3.63, 3.8) is 0 Å². The van der Waals surface area contributed by atoms with Crippen LogP contribution in [0.4, 0.5) is 0 Å². The number of halogens is 1. The lowest BCUT2D eigenvalue weighted by atomic mass is 9.98. The van der Waals surface area contributed by atoms with E-state index >= 15 is 0 Å². The van der Waals surface area contributed by atoms with Gasteiger partial charge >= 0.3 is 0 Å². The molecule has 0 aliphatic carbocycles. The third-order valence-electron chi connectivity index (χ3n) is 3.47. The van der Waals surface area contributed by atoms with E-state index in [4.69, 9.17) is 17.3 Å². The fourth-order valence-corrected chi connectivity index (χ4v) is 2.76. The minimum atomic E-state index is -0.0674. The lowest BCUT2D eigenvalue weighted by Crippen LogP contribution is -2.05. The van der Waals surface area contributed by atoms with Gasteiger partial charge in [0.15, 0.2) is 0 Å². The molecular weight excluding hydrogens is 268 g/mol. The maximum atomic E-state index is 6.33. The molecule has 0 bridgehead atoms. The van der Waals surface area contributed by atoms with Crippen LogP contribution in [0, 0.1) is 0 Å². The third-order valence-corrected chi connectivity index (χ3v) is 3.80. The number of rotatable bonds is 2. The SMILES string of the molecule is CC(N)c1ccc(-c2cncc3ccccc23)cc1Cl. The van der Waals surface area contributed by atoms with Crippen LogP contribution in [0.15, 0.2) is 54.9 Å². The Hall–Kier alpha value is -1.90. The monoisotopic (exact) mass is 282 g/mol. The van der Waals surface area contributed by atoms with Gasteiger partial charge in [-0.05, 0) is 29.5 Å². The Labute approximate surface area is 123 Å². The molecule has 3 aromatic rings. The number of nitrogens with two attached hydrogens (primary N) is 1. The molecule has 20 heavy (non-hydrogen) atoms. The molecule has 2 aromatic carbocycles. The summed E-state index contributed by atoms with van der Waals surface area (Å²) in [6.07, 6.45) is 3.75. The summed E-state index contributed by atoms with van der Waals surface area (Å²) in [5.74, 6) is 0. The van der Waals surface area contributed by atoms with Crippen LogP contribution in [0.1, 0.15) is 18.5 Å². The molecule has 0 aliphatic rings. The summed E-state index contributed by atoms with van der Waals surface area (Å²) >= 11 is 6.33. The van der Waals surface area contributed by atoms with Crippen molar-refractivity contribution in [1.29, 1.82) is 0 Å². The predicted molar refractivity (Wildman–Crippen MR) is 84.8 cm³/mol. The summed E-state index contributed by atoms with van der Waals surface area (Å²) in [6.45, 7) is 1.93. The Kier molecular flexibility index (Phi) is 3.43. The van der Waals surface area contributed by atoms with Crippen molar-refractivity contribution >= 4 is 22.4 Å². The number of aromatic nitrogens is 1. The van der Waals surface area contributed by atoms with Gasteiger partial charge in [0.05, 0.1) is 0 Å². The number of benzene rings is 2. The van der Waals surface area contributed by atoms with Gasteiger partial charge in [-0.2, -0.15) is 0 Å². The van der Waals surface area contributed by atoms with Gasteiger partial charge in [0.1, 0.15) is 0 Å². The first-order valence-corrected chi connectivity index (χ1v) is 6.93. The largest absolute Gasteiger partial charge is 0.324 e. The predicted octanol–water partition coefficient (Wildman–Crippen LogP) is 4.57. The zero-order valence-electron chi connectivity index (χ0n) is 11.2. The van der Waals surface area contributed by atoms with Crippen molar-refractivity contribution in [2.75, 3.05) is 0 Å². The summed E-state index contributed by atoms with van der Waals surface area (Å²) in [6, 6.07) is 14.1. The minimum absolute atomic E-state index is 0.0674. The zero-order chi connectivity index (χ0) is 14.1. The summed E-state index contributed by atoms with van der Waals surface area (Å²) in [7, 11) is 0. The fourth-order valence-electron chi connectivity index (χ4n) is 2.41. The quantitative estimate of drug-likeness (QED) is 0.747. The van der Waals surface area contributed by atoms with E-state index in [0.717, 1.165) is 22.1 Å². The highest BCUT2D eigenvalue weighted by molar-refractivity contribution is 6.31. The molecule has 0 amide bonds. The van der Waals surface area contributed by atoms with Crippen LogP contribution in [0.3, 0.4) is 0 Å².